The fourth-order valence-corrected chi connectivity index (χ4v) is 3.82. The Labute approximate surface area is 198 Å². The average molecular weight is 523 g/mol. The summed E-state index contributed by atoms with van der Waals surface area (Å²) in [5.41, 5.74) is 5.17. The molecule has 0 bridgehead atoms. The van der Waals surface area contributed by atoms with Gasteiger partial charge in [-0.25, -0.2) is 0 Å². The molecule has 2 N–H and O–H groups in total. The van der Waals surface area contributed by atoms with Crippen molar-refractivity contribution in [1.82, 2.24) is 10.4 Å². The minimum Gasteiger partial charge on any atom is -0.455 e. The smallest absolute Gasteiger partial charge is 0.311 e. The standard InChI is InChI=1S/C22H21BrClN3O5/c1-12-13(2)18(8-7-16(12)23)25-19(28)11-32-22(31)14-9-20(29)27(10-14)26-21(30)15-5-3-4-6-17(15)24/h3-8,14H,9-11H2,1-2H3,(H,25,28)(H,26,30)/t14-/m1/s1. The maximum Gasteiger partial charge on any atom is 0.311 e. The van der Waals surface area contributed by atoms with Crippen molar-refractivity contribution in [2.75, 3.05) is 18.5 Å². The van der Waals surface area contributed by atoms with Crippen molar-refractivity contribution in [1.29, 1.82) is 0 Å². The zero-order valence-corrected chi connectivity index (χ0v) is 19.7. The molecule has 8 nitrogen and oxygen atoms in total. The Bertz CT molecular complexity index is 1090. The highest BCUT2D eigenvalue weighted by Gasteiger charge is 2.37. The van der Waals surface area contributed by atoms with Gasteiger partial charge in [0.05, 0.1) is 23.0 Å². The first kappa shape index (κ1) is 23.7. The molecule has 0 saturated carbocycles. The van der Waals surface area contributed by atoms with E-state index in [1.54, 1.807) is 24.3 Å². The summed E-state index contributed by atoms with van der Waals surface area (Å²) < 4.78 is 6.01. The lowest BCUT2D eigenvalue weighted by molar-refractivity contribution is -0.151. The number of nitrogens with zero attached hydrogens (tertiary/aromatic N) is 1. The Morgan fingerprint density at radius 3 is 2.59 bits per heavy atom. The Balaban J connectivity index is 1.51. The van der Waals surface area contributed by atoms with Gasteiger partial charge >= 0.3 is 5.97 Å². The van der Waals surface area contributed by atoms with Gasteiger partial charge in [0, 0.05) is 16.6 Å². The zero-order valence-electron chi connectivity index (χ0n) is 17.4. The van der Waals surface area contributed by atoms with Gasteiger partial charge in [-0.05, 0) is 49.2 Å². The number of nitrogens with one attached hydrogen (secondary N) is 2. The molecule has 2 aromatic rings. The molecule has 1 saturated heterocycles. The number of esters is 1. The maximum atomic E-state index is 12.3. The summed E-state index contributed by atoms with van der Waals surface area (Å²) in [4.78, 5) is 49.1. The second-order valence-electron chi connectivity index (χ2n) is 7.33. The molecule has 3 amide bonds. The van der Waals surface area contributed by atoms with Crippen LogP contribution in [0.1, 0.15) is 27.9 Å². The Kier molecular flexibility index (Phi) is 7.52. The van der Waals surface area contributed by atoms with Crippen LogP contribution in [0.15, 0.2) is 40.9 Å². The van der Waals surface area contributed by atoms with Crippen LogP contribution in [0.5, 0.6) is 0 Å². The number of hydrogen-bond acceptors (Lipinski definition) is 5. The van der Waals surface area contributed by atoms with Crippen molar-refractivity contribution in [3.63, 3.8) is 0 Å². The number of anilines is 1. The van der Waals surface area contributed by atoms with Crippen LogP contribution in [0, 0.1) is 19.8 Å². The second-order valence-corrected chi connectivity index (χ2v) is 8.59. The first-order chi connectivity index (χ1) is 15.2. The minimum atomic E-state index is -0.793. The van der Waals surface area contributed by atoms with E-state index in [9.17, 15) is 19.2 Å². The van der Waals surface area contributed by atoms with E-state index in [4.69, 9.17) is 16.3 Å². The summed E-state index contributed by atoms with van der Waals surface area (Å²) >= 11 is 9.43. The van der Waals surface area contributed by atoms with Crippen LogP contribution in [0.25, 0.3) is 0 Å². The Morgan fingerprint density at radius 2 is 1.88 bits per heavy atom. The van der Waals surface area contributed by atoms with Gasteiger partial charge in [-0.15, -0.1) is 0 Å². The molecule has 1 aliphatic heterocycles. The Hall–Kier alpha value is -2.91. The molecule has 0 radical (unpaired) electrons. The van der Waals surface area contributed by atoms with Gasteiger partial charge in [0.2, 0.25) is 5.91 Å². The van der Waals surface area contributed by atoms with Crippen molar-refractivity contribution < 1.29 is 23.9 Å². The van der Waals surface area contributed by atoms with Gasteiger partial charge in [0.15, 0.2) is 6.61 Å². The predicted molar refractivity (Wildman–Crippen MR) is 122 cm³/mol. The van der Waals surface area contributed by atoms with Gasteiger partial charge in [0.25, 0.3) is 11.8 Å². The lowest BCUT2D eigenvalue weighted by atomic mass is 10.1. The summed E-state index contributed by atoms with van der Waals surface area (Å²) in [7, 11) is 0. The van der Waals surface area contributed by atoms with Crippen LogP contribution in [0.2, 0.25) is 5.02 Å². The third-order valence-electron chi connectivity index (χ3n) is 5.15. The van der Waals surface area contributed by atoms with Crippen molar-refractivity contribution in [3.05, 3.63) is 62.6 Å². The molecule has 0 aliphatic carbocycles. The van der Waals surface area contributed by atoms with E-state index in [1.807, 2.05) is 19.9 Å². The number of hydrazine groups is 1. The number of rotatable bonds is 6. The number of ether oxygens (including phenoxy) is 1. The highest BCUT2D eigenvalue weighted by Crippen LogP contribution is 2.26. The molecule has 1 atom stereocenters. The van der Waals surface area contributed by atoms with Crippen LogP contribution in [0.3, 0.4) is 0 Å². The second kappa shape index (κ2) is 10.1. The summed E-state index contributed by atoms with van der Waals surface area (Å²) in [5.74, 6) is -2.96. The van der Waals surface area contributed by atoms with Crippen molar-refractivity contribution in [2.24, 2.45) is 5.92 Å². The lowest BCUT2D eigenvalue weighted by Gasteiger charge is -2.18. The maximum absolute atomic E-state index is 12.3. The van der Waals surface area contributed by atoms with E-state index >= 15 is 0 Å². The molecule has 0 unspecified atom stereocenters. The normalized spacial score (nSPS) is 15.4. The third-order valence-corrected chi connectivity index (χ3v) is 6.34. The fourth-order valence-electron chi connectivity index (χ4n) is 3.17. The molecule has 1 fully saturated rings. The number of carbonyl (C=O) groups is 4. The first-order valence-corrected chi connectivity index (χ1v) is 10.9. The molecule has 1 heterocycles. The van der Waals surface area contributed by atoms with Crippen LogP contribution in [0.4, 0.5) is 5.69 Å². The highest BCUT2D eigenvalue weighted by atomic mass is 79.9. The third kappa shape index (κ3) is 5.46. The van der Waals surface area contributed by atoms with Crippen molar-refractivity contribution in [3.8, 4) is 0 Å². The molecule has 0 spiro atoms. The van der Waals surface area contributed by atoms with Gasteiger partial charge < -0.3 is 10.1 Å². The fraction of sp³-hybridized carbons (Fsp3) is 0.273. The summed E-state index contributed by atoms with van der Waals surface area (Å²) in [5, 5.41) is 4.01. The zero-order chi connectivity index (χ0) is 23.4. The van der Waals surface area contributed by atoms with E-state index in [-0.39, 0.29) is 23.6 Å². The Morgan fingerprint density at radius 1 is 1.16 bits per heavy atom. The number of hydrogen-bond donors (Lipinski definition) is 2. The van der Waals surface area contributed by atoms with E-state index in [1.165, 1.54) is 6.07 Å². The van der Waals surface area contributed by atoms with Gasteiger partial charge in [-0.2, -0.15) is 0 Å². The molecule has 168 valence electrons. The van der Waals surface area contributed by atoms with E-state index in [0.717, 1.165) is 20.6 Å². The van der Waals surface area contributed by atoms with E-state index in [2.05, 4.69) is 26.7 Å². The molecule has 0 aromatic heterocycles. The molecular weight excluding hydrogens is 502 g/mol. The van der Waals surface area contributed by atoms with Gasteiger partial charge in [-0.3, -0.25) is 29.6 Å². The minimum absolute atomic E-state index is 0.0551. The van der Waals surface area contributed by atoms with Gasteiger partial charge in [-0.1, -0.05) is 39.7 Å². The molecule has 10 heteroatoms. The van der Waals surface area contributed by atoms with Crippen molar-refractivity contribution >= 4 is 56.9 Å². The summed E-state index contributed by atoms with van der Waals surface area (Å²) in [6.07, 6.45) is -0.131. The molecule has 2 aromatic carbocycles. The molecule has 3 rings (SSSR count). The monoisotopic (exact) mass is 521 g/mol. The van der Waals surface area contributed by atoms with E-state index in [0.29, 0.717) is 5.69 Å². The van der Waals surface area contributed by atoms with Crippen LogP contribution < -0.4 is 10.7 Å². The van der Waals surface area contributed by atoms with Crippen molar-refractivity contribution in [2.45, 2.75) is 20.3 Å². The number of amides is 3. The molecular formula is C22H21BrClN3O5. The number of carbonyl (C=O) groups excluding carboxylic acids is 4. The summed E-state index contributed by atoms with van der Waals surface area (Å²) in [6.45, 7) is 3.25. The largest absolute Gasteiger partial charge is 0.455 e. The van der Waals surface area contributed by atoms with Crippen LogP contribution >= 0.6 is 27.5 Å². The SMILES string of the molecule is Cc1c(Br)ccc(NC(=O)COC(=O)[C@@H]2CC(=O)N(NC(=O)c3ccccc3Cl)C2)c1C. The van der Waals surface area contributed by atoms with Crippen LogP contribution in [-0.4, -0.2) is 41.9 Å². The first-order valence-electron chi connectivity index (χ1n) is 9.75. The lowest BCUT2D eigenvalue weighted by Crippen LogP contribution is -2.43. The summed E-state index contributed by atoms with van der Waals surface area (Å²) in [6, 6.07) is 9.99. The van der Waals surface area contributed by atoms with E-state index < -0.39 is 36.2 Å². The molecule has 32 heavy (non-hydrogen) atoms. The highest BCUT2D eigenvalue weighted by molar-refractivity contribution is 9.10. The van der Waals surface area contributed by atoms with Gasteiger partial charge in [0.1, 0.15) is 0 Å². The van der Waals surface area contributed by atoms with Crippen LogP contribution in [-0.2, 0) is 19.1 Å². The average Bonchev–Trinajstić information content (AvgIpc) is 3.13. The number of halogens is 2. The molecule has 1 aliphatic rings. The predicted octanol–water partition coefficient (Wildman–Crippen LogP) is 3.39. The quantitative estimate of drug-likeness (QED) is 0.566. The number of benzene rings is 2. The topological polar surface area (TPSA) is 105 Å².